The van der Waals surface area contributed by atoms with E-state index in [0.29, 0.717) is 0 Å². The van der Waals surface area contributed by atoms with Crippen molar-refractivity contribution in [2.75, 3.05) is 20.2 Å². The first kappa shape index (κ1) is 12.4. The molecule has 94 valence electrons. The summed E-state index contributed by atoms with van der Waals surface area (Å²) in [6, 6.07) is 8.48. The largest absolute Gasteiger partial charge is 0.497 e. The zero-order valence-electron chi connectivity index (χ0n) is 10.9. The molecule has 0 amide bonds. The Morgan fingerprint density at radius 1 is 1.41 bits per heavy atom. The summed E-state index contributed by atoms with van der Waals surface area (Å²) in [7, 11) is 1.73. The fourth-order valence-corrected chi connectivity index (χ4v) is 2.41. The molecule has 17 heavy (non-hydrogen) atoms. The van der Waals surface area contributed by atoms with Gasteiger partial charge in [0.1, 0.15) is 5.75 Å². The van der Waals surface area contributed by atoms with Gasteiger partial charge in [0.15, 0.2) is 0 Å². The van der Waals surface area contributed by atoms with E-state index in [4.69, 9.17) is 4.74 Å². The Bertz CT molecular complexity index is 347. The third kappa shape index (κ3) is 3.74. The van der Waals surface area contributed by atoms with Crippen LogP contribution in [0.1, 0.15) is 25.3 Å². The molecule has 1 aromatic rings. The predicted octanol–water partition coefficient (Wildman–Crippen LogP) is 2.87. The highest BCUT2D eigenvalue weighted by molar-refractivity contribution is 5.28. The van der Waals surface area contributed by atoms with Crippen LogP contribution in [-0.2, 0) is 6.42 Å². The molecule has 1 aliphatic rings. The number of ether oxygens (including phenoxy) is 1. The highest BCUT2D eigenvalue weighted by atomic mass is 16.5. The second kappa shape index (κ2) is 6.06. The summed E-state index contributed by atoms with van der Waals surface area (Å²) in [5, 5.41) is 3.49. The molecule has 0 saturated heterocycles. The van der Waals surface area contributed by atoms with Crippen LogP contribution < -0.4 is 10.1 Å². The van der Waals surface area contributed by atoms with E-state index in [1.54, 1.807) is 7.11 Å². The van der Waals surface area contributed by atoms with Gasteiger partial charge in [0.2, 0.25) is 0 Å². The first-order valence-electron chi connectivity index (χ1n) is 6.67. The number of rotatable bonds is 7. The maximum absolute atomic E-state index is 5.28. The molecule has 1 aromatic carbocycles. The third-order valence-corrected chi connectivity index (χ3v) is 3.58. The Morgan fingerprint density at radius 2 is 2.24 bits per heavy atom. The van der Waals surface area contributed by atoms with Crippen LogP contribution in [0.2, 0.25) is 0 Å². The zero-order valence-corrected chi connectivity index (χ0v) is 10.9. The van der Waals surface area contributed by atoms with Gasteiger partial charge in [-0.05, 0) is 61.9 Å². The van der Waals surface area contributed by atoms with Crippen LogP contribution in [0.5, 0.6) is 5.75 Å². The number of benzene rings is 1. The average molecular weight is 233 g/mol. The maximum atomic E-state index is 5.28. The van der Waals surface area contributed by atoms with Crippen molar-refractivity contribution in [2.24, 2.45) is 11.8 Å². The van der Waals surface area contributed by atoms with Crippen molar-refractivity contribution in [3.63, 3.8) is 0 Å². The van der Waals surface area contributed by atoms with Gasteiger partial charge in [0.05, 0.1) is 7.11 Å². The van der Waals surface area contributed by atoms with Crippen LogP contribution >= 0.6 is 0 Å². The maximum Gasteiger partial charge on any atom is 0.119 e. The molecule has 1 N–H and O–H groups in total. The van der Waals surface area contributed by atoms with E-state index in [1.807, 2.05) is 6.07 Å². The van der Waals surface area contributed by atoms with E-state index >= 15 is 0 Å². The van der Waals surface area contributed by atoms with Gasteiger partial charge in [0.25, 0.3) is 0 Å². The first-order valence-corrected chi connectivity index (χ1v) is 6.67. The number of hydrogen-bond acceptors (Lipinski definition) is 2. The third-order valence-electron chi connectivity index (χ3n) is 3.58. The molecule has 0 spiro atoms. The fourth-order valence-electron chi connectivity index (χ4n) is 2.41. The smallest absolute Gasteiger partial charge is 0.119 e. The molecule has 1 saturated carbocycles. The molecule has 0 radical (unpaired) electrons. The van der Waals surface area contributed by atoms with Crippen molar-refractivity contribution < 1.29 is 4.74 Å². The van der Waals surface area contributed by atoms with Gasteiger partial charge < -0.3 is 10.1 Å². The van der Waals surface area contributed by atoms with Crippen molar-refractivity contribution in [2.45, 2.75) is 26.2 Å². The summed E-state index contributed by atoms with van der Waals surface area (Å²) in [4.78, 5) is 0. The van der Waals surface area contributed by atoms with Crippen LogP contribution in [0.4, 0.5) is 0 Å². The molecule has 0 aliphatic heterocycles. The summed E-state index contributed by atoms with van der Waals surface area (Å²) in [6.07, 6.45) is 4.01. The van der Waals surface area contributed by atoms with E-state index in [-0.39, 0.29) is 0 Å². The van der Waals surface area contributed by atoms with E-state index in [9.17, 15) is 0 Å². The molecule has 1 unspecified atom stereocenters. The summed E-state index contributed by atoms with van der Waals surface area (Å²) in [5.74, 6) is 2.71. The molecule has 1 aliphatic carbocycles. The highest BCUT2D eigenvalue weighted by Gasteiger charge is 2.30. The molecule has 0 heterocycles. The normalized spacial score (nSPS) is 16.8. The lowest BCUT2D eigenvalue weighted by atomic mass is 9.94. The average Bonchev–Trinajstić information content (AvgIpc) is 3.19. The minimum Gasteiger partial charge on any atom is -0.497 e. The van der Waals surface area contributed by atoms with Crippen LogP contribution in [0.3, 0.4) is 0 Å². The lowest BCUT2D eigenvalue weighted by molar-refractivity contribution is 0.410. The zero-order chi connectivity index (χ0) is 12.1. The fraction of sp³-hybridized carbons (Fsp3) is 0.600. The molecule has 2 nitrogen and oxygen atoms in total. The Balaban J connectivity index is 1.95. The van der Waals surface area contributed by atoms with Gasteiger partial charge in [-0.25, -0.2) is 0 Å². The Labute approximate surface area is 104 Å². The quantitative estimate of drug-likeness (QED) is 0.782. The van der Waals surface area contributed by atoms with Gasteiger partial charge in [-0.3, -0.25) is 0 Å². The molecule has 2 heteroatoms. The van der Waals surface area contributed by atoms with Gasteiger partial charge in [-0.1, -0.05) is 19.1 Å². The molecular weight excluding hydrogens is 210 g/mol. The van der Waals surface area contributed by atoms with Crippen molar-refractivity contribution in [3.8, 4) is 5.75 Å². The molecule has 0 bridgehead atoms. The van der Waals surface area contributed by atoms with Gasteiger partial charge in [0, 0.05) is 0 Å². The van der Waals surface area contributed by atoms with Crippen LogP contribution in [0, 0.1) is 11.8 Å². The van der Waals surface area contributed by atoms with Crippen LogP contribution in [0.25, 0.3) is 0 Å². The summed E-state index contributed by atoms with van der Waals surface area (Å²) < 4.78 is 5.28. The van der Waals surface area contributed by atoms with Crippen molar-refractivity contribution >= 4 is 0 Å². The number of hydrogen-bond donors (Lipinski definition) is 1. The molecule has 2 rings (SSSR count). The summed E-state index contributed by atoms with van der Waals surface area (Å²) in [6.45, 7) is 4.40. The Hall–Kier alpha value is -1.02. The molecular formula is C15H23NO. The number of methoxy groups -OCH3 is 1. The highest BCUT2D eigenvalue weighted by Crippen LogP contribution is 2.38. The van der Waals surface area contributed by atoms with Gasteiger partial charge in [-0.2, -0.15) is 0 Å². The van der Waals surface area contributed by atoms with E-state index < -0.39 is 0 Å². The van der Waals surface area contributed by atoms with Gasteiger partial charge in [-0.15, -0.1) is 0 Å². The topological polar surface area (TPSA) is 21.3 Å². The van der Waals surface area contributed by atoms with Crippen molar-refractivity contribution in [1.82, 2.24) is 5.32 Å². The van der Waals surface area contributed by atoms with E-state index in [1.165, 1.54) is 24.8 Å². The lowest BCUT2D eigenvalue weighted by Crippen LogP contribution is -2.25. The summed E-state index contributed by atoms with van der Waals surface area (Å²) >= 11 is 0. The molecule has 1 atom stereocenters. The standard InChI is InChI=1S/C15H23NO/c1-3-16-11-14(13-7-8-13)9-12-5-4-6-15(10-12)17-2/h4-6,10,13-14,16H,3,7-9,11H2,1-2H3. The second-order valence-electron chi connectivity index (χ2n) is 4.96. The minimum atomic E-state index is 0.794. The van der Waals surface area contributed by atoms with Crippen molar-refractivity contribution in [1.29, 1.82) is 0 Å². The minimum absolute atomic E-state index is 0.794. The number of nitrogens with one attached hydrogen (secondary N) is 1. The SMILES string of the molecule is CCNCC(Cc1cccc(OC)c1)C1CC1. The Morgan fingerprint density at radius 3 is 2.88 bits per heavy atom. The van der Waals surface area contributed by atoms with E-state index in [2.05, 4.69) is 30.4 Å². The van der Waals surface area contributed by atoms with Gasteiger partial charge >= 0.3 is 0 Å². The molecule has 0 aromatic heterocycles. The lowest BCUT2D eigenvalue weighted by Gasteiger charge is -2.17. The van der Waals surface area contributed by atoms with Crippen molar-refractivity contribution in [3.05, 3.63) is 29.8 Å². The Kier molecular flexibility index (Phi) is 4.43. The van der Waals surface area contributed by atoms with Crippen LogP contribution in [0.15, 0.2) is 24.3 Å². The predicted molar refractivity (Wildman–Crippen MR) is 71.5 cm³/mol. The monoisotopic (exact) mass is 233 g/mol. The van der Waals surface area contributed by atoms with Crippen LogP contribution in [-0.4, -0.2) is 20.2 Å². The summed E-state index contributed by atoms with van der Waals surface area (Å²) in [5.41, 5.74) is 1.40. The first-order chi connectivity index (χ1) is 8.33. The molecule has 1 fully saturated rings. The second-order valence-corrected chi connectivity index (χ2v) is 4.96. The van der Waals surface area contributed by atoms with E-state index in [0.717, 1.165) is 30.7 Å².